The molecule has 3 heteroatoms. The van der Waals surface area contributed by atoms with Crippen LogP contribution in [0.3, 0.4) is 0 Å². The zero-order valence-corrected chi connectivity index (χ0v) is 12.5. The van der Waals surface area contributed by atoms with Crippen LogP contribution < -0.4 is 14.8 Å². The summed E-state index contributed by atoms with van der Waals surface area (Å²) in [7, 11) is 1.99. The van der Waals surface area contributed by atoms with Crippen LogP contribution >= 0.6 is 0 Å². The summed E-state index contributed by atoms with van der Waals surface area (Å²) in [5, 5.41) is 3.36. The predicted molar refractivity (Wildman–Crippen MR) is 83.7 cm³/mol. The smallest absolute Gasteiger partial charge is 0.124 e. The Morgan fingerprint density at radius 3 is 2.76 bits per heavy atom. The van der Waals surface area contributed by atoms with E-state index in [1.807, 2.05) is 37.4 Å². The van der Waals surface area contributed by atoms with Gasteiger partial charge in [-0.15, -0.1) is 0 Å². The number of hydrogen-bond donors (Lipinski definition) is 1. The number of hydrogen-bond acceptors (Lipinski definition) is 3. The summed E-state index contributed by atoms with van der Waals surface area (Å²) in [4.78, 5) is 0. The lowest BCUT2D eigenvalue weighted by Crippen LogP contribution is -2.29. The van der Waals surface area contributed by atoms with Crippen LogP contribution in [0.1, 0.15) is 30.5 Å². The molecule has 3 rings (SSSR count). The zero-order chi connectivity index (χ0) is 14.7. The number of rotatable bonds is 4. The first-order valence-electron chi connectivity index (χ1n) is 7.41. The molecule has 110 valence electrons. The Bertz CT molecular complexity index is 597. The Labute approximate surface area is 125 Å². The van der Waals surface area contributed by atoms with Gasteiger partial charge in [-0.25, -0.2) is 0 Å². The van der Waals surface area contributed by atoms with Crippen molar-refractivity contribution < 1.29 is 9.47 Å². The van der Waals surface area contributed by atoms with Crippen molar-refractivity contribution in [3.63, 3.8) is 0 Å². The molecule has 21 heavy (non-hydrogen) atoms. The van der Waals surface area contributed by atoms with Crippen molar-refractivity contribution in [2.45, 2.75) is 32.1 Å². The number of ether oxygens (including phenoxy) is 2. The topological polar surface area (TPSA) is 30.5 Å². The van der Waals surface area contributed by atoms with E-state index in [1.54, 1.807) is 0 Å². The van der Waals surface area contributed by atoms with Crippen LogP contribution in [0.5, 0.6) is 11.5 Å². The quantitative estimate of drug-likeness (QED) is 0.928. The lowest BCUT2D eigenvalue weighted by atomic mass is 9.97. The molecule has 0 bridgehead atoms. The number of benzene rings is 2. The summed E-state index contributed by atoms with van der Waals surface area (Å²) in [5.74, 6) is 1.84. The highest BCUT2D eigenvalue weighted by Gasteiger charge is 2.25. The summed E-state index contributed by atoms with van der Waals surface area (Å²) in [6, 6.07) is 16.6. The molecule has 1 aliphatic rings. The van der Waals surface area contributed by atoms with E-state index in [0.717, 1.165) is 17.9 Å². The van der Waals surface area contributed by atoms with Crippen LogP contribution in [0, 0.1) is 0 Å². The van der Waals surface area contributed by atoms with Crippen LogP contribution in [-0.2, 0) is 6.61 Å². The van der Waals surface area contributed by atoms with Gasteiger partial charge in [0.2, 0.25) is 0 Å². The minimum atomic E-state index is 0.242. The van der Waals surface area contributed by atoms with Gasteiger partial charge < -0.3 is 14.8 Å². The van der Waals surface area contributed by atoms with Crippen LogP contribution in [0.15, 0.2) is 48.5 Å². The summed E-state index contributed by atoms with van der Waals surface area (Å²) in [6.07, 6.45) is 1.22. The van der Waals surface area contributed by atoms with Gasteiger partial charge in [0.05, 0.1) is 6.10 Å². The van der Waals surface area contributed by atoms with Crippen LogP contribution in [-0.4, -0.2) is 13.2 Å². The van der Waals surface area contributed by atoms with E-state index in [1.165, 1.54) is 11.1 Å². The van der Waals surface area contributed by atoms with E-state index in [2.05, 4.69) is 30.4 Å². The van der Waals surface area contributed by atoms with Gasteiger partial charge in [0, 0.05) is 18.0 Å². The molecular formula is C18H21NO2. The third-order valence-electron chi connectivity index (χ3n) is 3.85. The molecule has 3 nitrogen and oxygen atoms in total. The van der Waals surface area contributed by atoms with Gasteiger partial charge in [0.25, 0.3) is 0 Å². The molecule has 0 saturated carbocycles. The molecule has 0 spiro atoms. The lowest BCUT2D eigenvalue weighted by Gasteiger charge is -2.30. The average Bonchev–Trinajstić information content (AvgIpc) is 2.53. The highest BCUT2D eigenvalue weighted by molar-refractivity contribution is 5.43. The van der Waals surface area contributed by atoms with Crippen LogP contribution in [0.4, 0.5) is 0 Å². The fourth-order valence-corrected chi connectivity index (χ4v) is 2.73. The summed E-state index contributed by atoms with van der Waals surface area (Å²) < 4.78 is 11.8. The zero-order valence-electron chi connectivity index (χ0n) is 12.5. The number of nitrogens with one attached hydrogen (secondary N) is 1. The van der Waals surface area contributed by atoms with Gasteiger partial charge in [0.1, 0.15) is 18.1 Å². The van der Waals surface area contributed by atoms with E-state index in [9.17, 15) is 0 Å². The van der Waals surface area contributed by atoms with E-state index in [4.69, 9.17) is 9.47 Å². The number of fused-ring (bicyclic) bond motifs is 1. The molecule has 1 N–H and O–H groups in total. The second kappa shape index (κ2) is 6.19. The molecule has 0 saturated heterocycles. The first-order valence-corrected chi connectivity index (χ1v) is 7.41. The maximum absolute atomic E-state index is 5.89. The monoisotopic (exact) mass is 283 g/mol. The third-order valence-corrected chi connectivity index (χ3v) is 3.85. The molecule has 2 aromatic carbocycles. The first kappa shape index (κ1) is 14.0. The molecule has 1 heterocycles. The fourth-order valence-electron chi connectivity index (χ4n) is 2.73. The van der Waals surface area contributed by atoms with Crippen molar-refractivity contribution in [1.29, 1.82) is 0 Å². The molecular weight excluding hydrogens is 262 g/mol. The summed E-state index contributed by atoms with van der Waals surface area (Å²) in [6.45, 7) is 2.69. The Balaban J connectivity index is 1.76. The SMILES string of the molecule is CNC1CC(C)Oc2ccc(OCc3ccccc3)cc21. The molecule has 1 aliphatic heterocycles. The van der Waals surface area contributed by atoms with Crippen molar-refractivity contribution in [1.82, 2.24) is 5.32 Å². The maximum atomic E-state index is 5.89. The molecule has 0 amide bonds. The molecule has 0 aromatic heterocycles. The largest absolute Gasteiger partial charge is 0.490 e. The minimum Gasteiger partial charge on any atom is -0.490 e. The lowest BCUT2D eigenvalue weighted by molar-refractivity contribution is 0.168. The van der Waals surface area contributed by atoms with E-state index < -0.39 is 0 Å². The normalized spacial score (nSPS) is 20.5. The van der Waals surface area contributed by atoms with Crippen molar-refractivity contribution in [3.8, 4) is 11.5 Å². The fraction of sp³-hybridized carbons (Fsp3) is 0.333. The molecule has 0 aliphatic carbocycles. The van der Waals surface area contributed by atoms with E-state index in [0.29, 0.717) is 12.6 Å². The molecule has 2 atom stereocenters. The van der Waals surface area contributed by atoms with Crippen molar-refractivity contribution in [2.24, 2.45) is 0 Å². The Kier molecular flexibility index (Phi) is 4.11. The predicted octanol–water partition coefficient (Wildman–Crippen LogP) is 3.70. The molecule has 2 aromatic rings. The summed E-state index contributed by atoms with van der Waals surface area (Å²) in [5.41, 5.74) is 2.35. The first-order chi connectivity index (χ1) is 10.3. The average molecular weight is 283 g/mol. The molecule has 0 radical (unpaired) electrons. The highest BCUT2D eigenvalue weighted by atomic mass is 16.5. The van der Waals surface area contributed by atoms with Gasteiger partial charge in [-0.2, -0.15) is 0 Å². The highest BCUT2D eigenvalue weighted by Crippen LogP contribution is 2.36. The molecule has 2 unspecified atom stereocenters. The molecule has 0 fully saturated rings. The van der Waals surface area contributed by atoms with Crippen molar-refractivity contribution in [2.75, 3.05) is 7.05 Å². The maximum Gasteiger partial charge on any atom is 0.124 e. The Morgan fingerprint density at radius 2 is 2.00 bits per heavy atom. The van der Waals surface area contributed by atoms with Crippen molar-refractivity contribution in [3.05, 3.63) is 59.7 Å². The van der Waals surface area contributed by atoms with Gasteiger partial charge in [-0.05, 0) is 37.7 Å². The summed E-state index contributed by atoms with van der Waals surface area (Å²) >= 11 is 0. The Hall–Kier alpha value is -2.00. The second-order valence-corrected chi connectivity index (χ2v) is 5.48. The van der Waals surface area contributed by atoms with E-state index in [-0.39, 0.29) is 6.10 Å². The second-order valence-electron chi connectivity index (χ2n) is 5.48. The third kappa shape index (κ3) is 3.19. The Morgan fingerprint density at radius 1 is 1.19 bits per heavy atom. The van der Waals surface area contributed by atoms with E-state index >= 15 is 0 Å². The minimum absolute atomic E-state index is 0.242. The van der Waals surface area contributed by atoms with Crippen LogP contribution in [0.2, 0.25) is 0 Å². The van der Waals surface area contributed by atoms with Gasteiger partial charge >= 0.3 is 0 Å². The standard InChI is InChI=1S/C18H21NO2/c1-13-10-17(19-2)16-11-15(8-9-18(16)21-13)20-12-14-6-4-3-5-7-14/h3-9,11,13,17,19H,10,12H2,1-2H3. The van der Waals surface area contributed by atoms with Gasteiger partial charge in [0.15, 0.2) is 0 Å². The van der Waals surface area contributed by atoms with Crippen molar-refractivity contribution >= 4 is 0 Å². The van der Waals surface area contributed by atoms with Gasteiger partial charge in [-0.1, -0.05) is 30.3 Å². The van der Waals surface area contributed by atoms with Gasteiger partial charge in [-0.3, -0.25) is 0 Å². The van der Waals surface area contributed by atoms with Crippen LogP contribution in [0.25, 0.3) is 0 Å².